The smallest absolute Gasteiger partial charge is 0.222 e. The summed E-state index contributed by atoms with van der Waals surface area (Å²) in [6, 6.07) is 0. The SMILES string of the molecule is CN(CC1CCCCO1)C(=O)CC1CCNC1.Cl. The summed E-state index contributed by atoms with van der Waals surface area (Å²) in [4.78, 5) is 13.9. The van der Waals surface area contributed by atoms with Gasteiger partial charge in [-0.25, -0.2) is 0 Å². The maximum Gasteiger partial charge on any atom is 0.222 e. The largest absolute Gasteiger partial charge is 0.376 e. The summed E-state index contributed by atoms with van der Waals surface area (Å²) in [6.07, 6.45) is 5.60. The number of carbonyl (C=O) groups excluding carboxylic acids is 1. The van der Waals surface area contributed by atoms with Gasteiger partial charge >= 0.3 is 0 Å². The number of rotatable bonds is 4. The number of halogens is 1. The first-order valence-electron chi connectivity index (χ1n) is 6.82. The highest BCUT2D eigenvalue weighted by atomic mass is 35.5. The van der Waals surface area contributed by atoms with Gasteiger partial charge in [0.1, 0.15) is 0 Å². The summed E-state index contributed by atoms with van der Waals surface area (Å²) in [6.45, 7) is 3.69. The molecule has 2 heterocycles. The van der Waals surface area contributed by atoms with Crippen LogP contribution in [0.25, 0.3) is 0 Å². The molecule has 0 bridgehead atoms. The first-order valence-corrected chi connectivity index (χ1v) is 6.82. The molecule has 106 valence electrons. The number of hydrogen-bond donors (Lipinski definition) is 1. The van der Waals surface area contributed by atoms with Crippen molar-refractivity contribution in [1.29, 1.82) is 0 Å². The second-order valence-corrected chi connectivity index (χ2v) is 5.33. The van der Waals surface area contributed by atoms with E-state index in [0.29, 0.717) is 12.3 Å². The molecular formula is C13H25ClN2O2. The lowest BCUT2D eigenvalue weighted by Gasteiger charge is -2.28. The molecule has 2 aliphatic rings. The molecule has 5 heteroatoms. The van der Waals surface area contributed by atoms with Crippen LogP contribution in [0.3, 0.4) is 0 Å². The Balaban J connectivity index is 0.00000162. The molecule has 0 aliphatic carbocycles. The average molecular weight is 277 g/mol. The van der Waals surface area contributed by atoms with E-state index in [-0.39, 0.29) is 24.4 Å². The third kappa shape index (κ3) is 4.75. The zero-order valence-electron chi connectivity index (χ0n) is 11.2. The Morgan fingerprint density at radius 2 is 2.22 bits per heavy atom. The van der Waals surface area contributed by atoms with Crippen molar-refractivity contribution < 1.29 is 9.53 Å². The molecular weight excluding hydrogens is 252 g/mol. The van der Waals surface area contributed by atoms with Gasteiger partial charge in [0.05, 0.1) is 6.10 Å². The molecule has 0 aromatic rings. The van der Waals surface area contributed by atoms with Gasteiger partial charge in [-0.2, -0.15) is 0 Å². The number of likely N-dealkylation sites (N-methyl/N-ethyl adjacent to an activating group) is 1. The Hall–Kier alpha value is -0.320. The molecule has 0 saturated carbocycles. The van der Waals surface area contributed by atoms with E-state index in [9.17, 15) is 4.79 Å². The number of carbonyl (C=O) groups is 1. The van der Waals surface area contributed by atoms with Gasteiger partial charge in [-0.3, -0.25) is 4.79 Å². The van der Waals surface area contributed by atoms with Crippen molar-refractivity contribution in [2.24, 2.45) is 5.92 Å². The number of hydrogen-bond acceptors (Lipinski definition) is 3. The first-order chi connectivity index (χ1) is 8.25. The topological polar surface area (TPSA) is 41.6 Å². The van der Waals surface area contributed by atoms with Crippen LogP contribution in [0.2, 0.25) is 0 Å². The third-order valence-electron chi connectivity index (χ3n) is 3.80. The van der Waals surface area contributed by atoms with Crippen LogP contribution in [-0.2, 0) is 9.53 Å². The van der Waals surface area contributed by atoms with Crippen molar-refractivity contribution in [3.8, 4) is 0 Å². The van der Waals surface area contributed by atoms with Gasteiger partial charge in [-0.1, -0.05) is 0 Å². The Bertz CT molecular complexity index is 251. The second-order valence-electron chi connectivity index (χ2n) is 5.33. The molecule has 0 aromatic heterocycles. The van der Waals surface area contributed by atoms with Crippen LogP contribution in [0.1, 0.15) is 32.1 Å². The van der Waals surface area contributed by atoms with E-state index in [0.717, 1.165) is 39.1 Å². The second kappa shape index (κ2) is 7.97. The number of ether oxygens (including phenoxy) is 1. The highest BCUT2D eigenvalue weighted by Gasteiger charge is 2.22. The Morgan fingerprint density at radius 1 is 1.39 bits per heavy atom. The van der Waals surface area contributed by atoms with Crippen LogP contribution in [0, 0.1) is 5.92 Å². The molecule has 2 aliphatic heterocycles. The molecule has 2 saturated heterocycles. The molecule has 2 atom stereocenters. The minimum Gasteiger partial charge on any atom is -0.376 e. The van der Waals surface area contributed by atoms with Crippen LogP contribution in [-0.4, -0.2) is 50.2 Å². The van der Waals surface area contributed by atoms with Gasteiger partial charge in [-0.05, 0) is 44.7 Å². The number of nitrogens with one attached hydrogen (secondary N) is 1. The summed E-state index contributed by atoms with van der Waals surface area (Å²) < 4.78 is 5.66. The monoisotopic (exact) mass is 276 g/mol. The molecule has 1 amide bonds. The normalized spacial score (nSPS) is 27.6. The maximum absolute atomic E-state index is 12.0. The summed E-state index contributed by atoms with van der Waals surface area (Å²) in [7, 11) is 1.91. The fourth-order valence-corrected chi connectivity index (χ4v) is 2.65. The average Bonchev–Trinajstić information content (AvgIpc) is 2.83. The highest BCUT2D eigenvalue weighted by molar-refractivity contribution is 5.85. The standard InChI is InChI=1S/C13H24N2O2.ClH/c1-15(10-12-4-2-3-7-17-12)13(16)8-11-5-6-14-9-11;/h11-12,14H,2-10H2,1H3;1H. The van der Waals surface area contributed by atoms with Gasteiger partial charge in [-0.15, -0.1) is 12.4 Å². The molecule has 2 rings (SSSR count). The summed E-state index contributed by atoms with van der Waals surface area (Å²) >= 11 is 0. The summed E-state index contributed by atoms with van der Waals surface area (Å²) in [5, 5.41) is 3.30. The lowest BCUT2D eigenvalue weighted by molar-refractivity contribution is -0.133. The Kier molecular flexibility index (Phi) is 6.97. The number of nitrogens with zero attached hydrogens (tertiary/aromatic N) is 1. The van der Waals surface area contributed by atoms with Crippen LogP contribution in [0.4, 0.5) is 0 Å². The van der Waals surface area contributed by atoms with Gasteiger partial charge in [0.2, 0.25) is 5.91 Å². The molecule has 4 nitrogen and oxygen atoms in total. The summed E-state index contributed by atoms with van der Waals surface area (Å²) in [5.41, 5.74) is 0. The zero-order valence-corrected chi connectivity index (χ0v) is 12.0. The van der Waals surface area contributed by atoms with Crippen molar-refractivity contribution in [1.82, 2.24) is 10.2 Å². The predicted octanol–water partition coefficient (Wildman–Crippen LogP) is 1.44. The predicted molar refractivity (Wildman–Crippen MR) is 74.1 cm³/mol. The maximum atomic E-state index is 12.0. The van der Waals surface area contributed by atoms with E-state index in [1.807, 2.05) is 11.9 Å². The summed E-state index contributed by atoms with van der Waals surface area (Å²) in [5.74, 6) is 0.810. The quantitative estimate of drug-likeness (QED) is 0.845. The molecule has 0 aromatic carbocycles. The van der Waals surface area contributed by atoms with Gasteiger partial charge in [0.15, 0.2) is 0 Å². The molecule has 0 spiro atoms. The fraction of sp³-hybridized carbons (Fsp3) is 0.923. The Labute approximate surface area is 116 Å². The van der Waals surface area contributed by atoms with E-state index in [4.69, 9.17) is 4.74 Å². The third-order valence-corrected chi connectivity index (χ3v) is 3.80. The van der Waals surface area contributed by atoms with Crippen molar-refractivity contribution >= 4 is 18.3 Å². The van der Waals surface area contributed by atoms with Crippen molar-refractivity contribution in [3.05, 3.63) is 0 Å². The van der Waals surface area contributed by atoms with Gasteiger partial charge in [0.25, 0.3) is 0 Å². The van der Waals surface area contributed by atoms with Crippen LogP contribution in [0.15, 0.2) is 0 Å². The van der Waals surface area contributed by atoms with Crippen LogP contribution in [0.5, 0.6) is 0 Å². The molecule has 2 fully saturated rings. The minimum absolute atomic E-state index is 0. The van der Waals surface area contributed by atoms with Crippen molar-refractivity contribution in [2.45, 2.75) is 38.2 Å². The molecule has 18 heavy (non-hydrogen) atoms. The Morgan fingerprint density at radius 3 is 2.83 bits per heavy atom. The van der Waals surface area contributed by atoms with Gasteiger partial charge in [0, 0.05) is 26.6 Å². The molecule has 1 N–H and O–H groups in total. The van der Waals surface area contributed by atoms with Gasteiger partial charge < -0.3 is 15.0 Å². The van der Waals surface area contributed by atoms with E-state index >= 15 is 0 Å². The van der Waals surface area contributed by atoms with E-state index in [2.05, 4.69) is 5.32 Å². The van der Waals surface area contributed by atoms with E-state index in [1.165, 1.54) is 12.8 Å². The molecule has 2 unspecified atom stereocenters. The zero-order chi connectivity index (χ0) is 12.1. The lowest BCUT2D eigenvalue weighted by atomic mass is 10.0. The first kappa shape index (κ1) is 15.7. The van der Waals surface area contributed by atoms with E-state index < -0.39 is 0 Å². The van der Waals surface area contributed by atoms with Crippen molar-refractivity contribution in [2.75, 3.05) is 33.3 Å². The fourth-order valence-electron chi connectivity index (χ4n) is 2.65. The highest BCUT2D eigenvalue weighted by Crippen LogP contribution is 2.16. The minimum atomic E-state index is 0. The van der Waals surface area contributed by atoms with Crippen LogP contribution < -0.4 is 5.32 Å². The van der Waals surface area contributed by atoms with Crippen molar-refractivity contribution in [3.63, 3.8) is 0 Å². The van der Waals surface area contributed by atoms with Crippen LogP contribution >= 0.6 is 12.4 Å². The van der Waals surface area contributed by atoms with E-state index in [1.54, 1.807) is 0 Å². The number of amides is 1. The lowest BCUT2D eigenvalue weighted by Crippen LogP contribution is -2.37. The molecule has 0 radical (unpaired) electrons.